The van der Waals surface area contributed by atoms with E-state index in [1.807, 2.05) is 6.07 Å². The lowest BCUT2D eigenvalue weighted by Crippen LogP contribution is -2.52. The lowest BCUT2D eigenvalue weighted by atomic mass is 10.0. The number of nitrogens with zero attached hydrogens (tertiary/aromatic N) is 10. The van der Waals surface area contributed by atoms with Gasteiger partial charge in [-0.15, -0.1) is 5.10 Å². The van der Waals surface area contributed by atoms with Gasteiger partial charge in [-0.25, -0.2) is 37.3 Å². The van der Waals surface area contributed by atoms with Gasteiger partial charge in [-0.1, -0.05) is 0 Å². The number of alkyl halides is 2. The predicted molar refractivity (Wildman–Crippen MR) is 125 cm³/mol. The molecule has 196 valence electrons. The molecule has 1 unspecified atom stereocenters. The minimum atomic E-state index is -2.92. The van der Waals surface area contributed by atoms with Crippen molar-refractivity contribution in [3.05, 3.63) is 58.8 Å². The van der Waals surface area contributed by atoms with E-state index in [0.717, 1.165) is 16.9 Å². The Bertz CT molecular complexity index is 1440. The summed E-state index contributed by atoms with van der Waals surface area (Å²) >= 11 is 0. The summed E-state index contributed by atoms with van der Waals surface area (Å²) in [5.74, 6) is -2.29. The van der Waals surface area contributed by atoms with Crippen molar-refractivity contribution in [2.24, 2.45) is 5.10 Å². The van der Waals surface area contributed by atoms with E-state index >= 15 is 0 Å². The van der Waals surface area contributed by atoms with E-state index in [2.05, 4.69) is 25.2 Å². The summed E-state index contributed by atoms with van der Waals surface area (Å²) in [6.07, 6.45) is -0.0499. The number of aromatic nitrogens is 5. The molecule has 0 bridgehead atoms. The standard InChI is InChI=1S/C23H20F4N10O/c1-13-31-20(19(26)27)33-36(13)21-17(25)12-29-22(32-21)34-4-6-35(7-5-34)23(38)37-18(2-3-30-37)15-8-14(11-28)9-16(24)10-15/h3,8-10,12,18-19H,2,4-7H2,1H3. The third-order valence-electron chi connectivity index (χ3n) is 6.19. The van der Waals surface area contributed by atoms with E-state index in [-0.39, 0.29) is 42.3 Å². The van der Waals surface area contributed by atoms with Crippen molar-refractivity contribution >= 4 is 18.2 Å². The zero-order valence-electron chi connectivity index (χ0n) is 20.0. The first-order valence-electron chi connectivity index (χ1n) is 11.6. The first-order chi connectivity index (χ1) is 18.2. The molecule has 0 aliphatic carbocycles. The van der Waals surface area contributed by atoms with Crippen LogP contribution in [0, 0.1) is 29.9 Å². The van der Waals surface area contributed by atoms with Crippen molar-refractivity contribution in [2.45, 2.75) is 25.8 Å². The molecule has 0 spiro atoms. The second-order valence-corrected chi connectivity index (χ2v) is 8.61. The van der Waals surface area contributed by atoms with E-state index < -0.39 is 29.9 Å². The molecule has 38 heavy (non-hydrogen) atoms. The van der Waals surface area contributed by atoms with Crippen LogP contribution in [0.3, 0.4) is 0 Å². The molecule has 1 fully saturated rings. The van der Waals surface area contributed by atoms with Crippen molar-refractivity contribution in [1.29, 1.82) is 5.26 Å². The van der Waals surface area contributed by atoms with Gasteiger partial charge in [0.25, 0.3) is 6.43 Å². The number of halogens is 4. The number of piperazine rings is 1. The van der Waals surface area contributed by atoms with Crippen LogP contribution in [-0.4, -0.2) is 73.1 Å². The number of carbonyl (C=O) groups excluding carboxylic acids is 1. The number of aryl methyl sites for hydroxylation is 1. The predicted octanol–water partition coefficient (Wildman–Crippen LogP) is 3.13. The molecule has 2 aromatic heterocycles. The summed E-state index contributed by atoms with van der Waals surface area (Å²) in [5.41, 5.74) is 0.620. The summed E-state index contributed by atoms with van der Waals surface area (Å²) < 4.78 is 55.3. The fourth-order valence-electron chi connectivity index (χ4n) is 4.34. The number of carbonyl (C=O) groups is 1. The van der Waals surface area contributed by atoms with Gasteiger partial charge in [-0.3, -0.25) is 0 Å². The topological polar surface area (TPSA) is 119 Å². The normalized spacial score (nSPS) is 17.4. The number of hydrazone groups is 1. The largest absolute Gasteiger partial charge is 0.341 e. The van der Waals surface area contributed by atoms with Crippen LogP contribution in [-0.2, 0) is 0 Å². The van der Waals surface area contributed by atoms with Crippen LogP contribution in [0.5, 0.6) is 0 Å². The van der Waals surface area contributed by atoms with Crippen LogP contribution in [0.25, 0.3) is 5.82 Å². The maximum Gasteiger partial charge on any atom is 0.341 e. The number of benzene rings is 1. The van der Waals surface area contributed by atoms with E-state index in [9.17, 15) is 22.4 Å². The van der Waals surface area contributed by atoms with Crippen molar-refractivity contribution in [3.63, 3.8) is 0 Å². The van der Waals surface area contributed by atoms with Crippen LogP contribution in [0.1, 0.15) is 41.7 Å². The second-order valence-electron chi connectivity index (χ2n) is 8.61. The lowest BCUT2D eigenvalue weighted by molar-refractivity contribution is 0.139. The Labute approximate surface area is 213 Å². The molecule has 15 heteroatoms. The molecule has 1 aromatic carbocycles. The molecule has 0 N–H and O–H groups in total. The smallest absolute Gasteiger partial charge is 0.337 e. The van der Waals surface area contributed by atoms with Gasteiger partial charge in [0.1, 0.15) is 11.6 Å². The summed E-state index contributed by atoms with van der Waals surface area (Å²) in [5, 5.41) is 18.2. The van der Waals surface area contributed by atoms with Gasteiger partial charge in [0.05, 0.1) is 23.9 Å². The Morgan fingerprint density at radius 2 is 1.89 bits per heavy atom. The number of hydrogen-bond acceptors (Lipinski definition) is 8. The Balaban J connectivity index is 1.29. The van der Waals surface area contributed by atoms with Crippen LogP contribution in [0.15, 0.2) is 29.5 Å². The zero-order valence-corrected chi connectivity index (χ0v) is 20.0. The maximum absolute atomic E-state index is 14.5. The number of anilines is 1. The quantitative estimate of drug-likeness (QED) is 0.477. The minimum absolute atomic E-state index is 0.0418. The highest BCUT2D eigenvalue weighted by molar-refractivity contribution is 5.78. The Morgan fingerprint density at radius 3 is 2.58 bits per heavy atom. The average Bonchev–Trinajstić information content (AvgIpc) is 3.55. The first-order valence-corrected chi connectivity index (χ1v) is 11.6. The Kier molecular flexibility index (Phi) is 6.62. The molecule has 0 radical (unpaired) electrons. The summed E-state index contributed by atoms with van der Waals surface area (Å²) in [7, 11) is 0. The molecule has 1 atom stereocenters. The third-order valence-corrected chi connectivity index (χ3v) is 6.19. The van der Waals surface area contributed by atoms with E-state index in [4.69, 9.17) is 5.26 Å². The van der Waals surface area contributed by atoms with Gasteiger partial charge in [0.15, 0.2) is 11.6 Å². The van der Waals surface area contributed by atoms with Gasteiger partial charge >= 0.3 is 6.03 Å². The van der Waals surface area contributed by atoms with Gasteiger partial charge in [-0.2, -0.15) is 20.0 Å². The van der Waals surface area contributed by atoms with E-state index in [1.54, 1.807) is 16.0 Å². The first kappa shape index (κ1) is 25.1. The van der Waals surface area contributed by atoms with E-state index in [1.165, 1.54) is 24.1 Å². The number of rotatable bonds is 4. The lowest BCUT2D eigenvalue weighted by Gasteiger charge is -2.37. The SMILES string of the molecule is Cc1nc(C(F)F)nn1-c1nc(N2CCN(C(=O)N3N=CCC3c3cc(F)cc(C#N)c3)CC2)ncc1F. The van der Waals surface area contributed by atoms with Gasteiger partial charge in [-0.05, 0) is 30.7 Å². The highest BCUT2D eigenvalue weighted by atomic mass is 19.3. The number of hydrogen-bond donors (Lipinski definition) is 0. The van der Waals surface area contributed by atoms with Crippen molar-refractivity contribution in [3.8, 4) is 11.9 Å². The number of nitriles is 1. The summed E-state index contributed by atoms with van der Waals surface area (Å²) in [6, 6.07) is 4.91. The molecule has 2 aliphatic rings. The molecule has 3 aromatic rings. The Morgan fingerprint density at radius 1 is 1.13 bits per heavy atom. The van der Waals surface area contributed by atoms with Crippen LogP contribution in [0.4, 0.5) is 28.3 Å². The van der Waals surface area contributed by atoms with Crippen LogP contribution < -0.4 is 4.90 Å². The van der Waals surface area contributed by atoms with Gasteiger partial charge < -0.3 is 9.80 Å². The fraction of sp³-hybridized carbons (Fsp3) is 0.348. The number of amides is 2. The molecular weight excluding hydrogens is 508 g/mol. The van der Waals surface area contributed by atoms with Gasteiger partial charge in [0.2, 0.25) is 11.8 Å². The van der Waals surface area contributed by atoms with Crippen LogP contribution >= 0.6 is 0 Å². The molecule has 0 saturated carbocycles. The van der Waals surface area contributed by atoms with Crippen LogP contribution in [0.2, 0.25) is 0 Å². The monoisotopic (exact) mass is 528 g/mol. The fourth-order valence-corrected chi connectivity index (χ4v) is 4.34. The second kappa shape index (κ2) is 10.0. The van der Waals surface area contributed by atoms with Crippen molar-refractivity contribution < 1.29 is 22.4 Å². The third kappa shape index (κ3) is 4.72. The highest BCUT2D eigenvalue weighted by Gasteiger charge is 2.34. The minimum Gasteiger partial charge on any atom is -0.337 e. The molecule has 5 rings (SSSR count). The molecule has 11 nitrogen and oxygen atoms in total. The molecule has 4 heterocycles. The zero-order chi connectivity index (χ0) is 27.0. The maximum atomic E-state index is 14.5. The summed E-state index contributed by atoms with van der Waals surface area (Å²) in [6.45, 7) is 2.53. The van der Waals surface area contributed by atoms with Crippen molar-refractivity contribution in [1.82, 2.24) is 34.6 Å². The molecule has 2 amide bonds. The van der Waals surface area contributed by atoms with E-state index in [0.29, 0.717) is 25.1 Å². The molecule has 2 aliphatic heterocycles. The molecular formula is C23H20F4N10O. The average molecular weight is 528 g/mol. The van der Waals surface area contributed by atoms with Gasteiger partial charge in [0, 0.05) is 38.8 Å². The molecule has 1 saturated heterocycles. The summed E-state index contributed by atoms with van der Waals surface area (Å²) in [4.78, 5) is 28.4. The number of urea groups is 1. The highest BCUT2D eigenvalue weighted by Crippen LogP contribution is 2.31. The van der Waals surface area contributed by atoms with Crippen molar-refractivity contribution in [2.75, 3.05) is 31.1 Å². The Hall–Kier alpha value is -4.61.